The lowest BCUT2D eigenvalue weighted by Gasteiger charge is -2.09. The normalized spacial score (nSPS) is 10.7. The van der Waals surface area contributed by atoms with Gasteiger partial charge in [-0.2, -0.15) is 5.26 Å². The van der Waals surface area contributed by atoms with Crippen LogP contribution in [0.3, 0.4) is 0 Å². The minimum Gasteiger partial charge on any atom is -0.379 e. The fraction of sp³-hybridized carbons (Fsp3) is 0.100. The Morgan fingerprint density at radius 3 is 2.93 bits per heavy atom. The van der Waals surface area contributed by atoms with Gasteiger partial charge in [-0.15, -0.1) is 0 Å². The Morgan fingerprint density at radius 2 is 2.15 bits per heavy atom. The molecule has 0 atom stereocenters. The summed E-state index contributed by atoms with van der Waals surface area (Å²) in [6, 6.07) is 13.1. The lowest BCUT2D eigenvalue weighted by atomic mass is 10.1. The van der Waals surface area contributed by atoms with Crippen LogP contribution in [0.15, 0.2) is 53.6 Å². The van der Waals surface area contributed by atoms with Crippen LogP contribution < -0.4 is 10.9 Å². The number of anilines is 1. The molecular weight excluding hydrogens is 340 g/mol. The smallest absolute Gasteiger partial charge is 0.261 e. The zero-order valence-electron chi connectivity index (χ0n) is 14.6. The molecule has 0 bridgehead atoms. The SMILES string of the molecule is Cc1cc(C#N)cc2[nH]c(-c3c(NCc4ccccn4)cc[nH]c3=O)nc12. The van der Waals surface area contributed by atoms with Crippen LogP contribution in [0.4, 0.5) is 5.69 Å². The predicted molar refractivity (Wildman–Crippen MR) is 103 cm³/mol. The first-order valence-corrected chi connectivity index (χ1v) is 8.42. The molecule has 0 amide bonds. The second-order valence-corrected chi connectivity index (χ2v) is 6.16. The van der Waals surface area contributed by atoms with Gasteiger partial charge >= 0.3 is 0 Å². The molecule has 3 aromatic heterocycles. The number of rotatable bonds is 4. The fourth-order valence-corrected chi connectivity index (χ4v) is 3.02. The van der Waals surface area contributed by atoms with E-state index >= 15 is 0 Å². The van der Waals surface area contributed by atoms with Crippen LogP contribution in [0.1, 0.15) is 16.8 Å². The molecule has 0 radical (unpaired) electrons. The number of pyridine rings is 2. The third kappa shape index (κ3) is 3.16. The summed E-state index contributed by atoms with van der Waals surface area (Å²) in [5.74, 6) is 0.452. The van der Waals surface area contributed by atoms with Crippen molar-refractivity contribution in [3.05, 3.63) is 76.0 Å². The van der Waals surface area contributed by atoms with E-state index in [1.165, 1.54) is 0 Å². The van der Waals surface area contributed by atoms with Crippen molar-refractivity contribution in [3.63, 3.8) is 0 Å². The van der Waals surface area contributed by atoms with Crippen molar-refractivity contribution < 1.29 is 0 Å². The molecule has 0 saturated heterocycles. The standard InChI is InChI=1S/C20H16N6O/c1-12-8-13(10-21)9-16-18(12)26-19(25-16)17-15(5-7-23-20(17)27)24-11-14-4-2-3-6-22-14/h2-9H,11H2,1H3,(H,25,26)(H2,23,24,27). The summed E-state index contributed by atoms with van der Waals surface area (Å²) in [7, 11) is 0. The maximum Gasteiger partial charge on any atom is 0.261 e. The highest BCUT2D eigenvalue weighted by molar-refractivity contribution is 5.85. The second-order valence-electron chi connectivity index (χ2n) is 6.16. The molecule has 0 aliphatic heterocycles. The lowest BCUT2D eigenvalue weighted by Crippen LogP contribution is -2.13. The van der Waals surface area contributed by atoms with E-state index in [1.807, 2.05) is 25.1 Å². The first kappa shape index (κ1) is 16.5. The number of imidazole rings is 1. The van der Waals surface area contributed by atoms with Gasteiger partial charge in [0.05, 0.1) is 40.6 Å². The summed E-state index contributed by atoms with van der Waals surface area (Å²) >= 11 is 0. The zero-order valence-corrected chi connectivity index (χ0v) is 14.6. The molecule has 7 heteroatoms. The number of benzene rings is 1. The third-order valence-corrected chi connectivity index (χ3v) is 4.29. The quantitative estimate of drug-likeness (QED) is 0.520. The number of hydrogen-bond donors (Lipinski definition) is 3. The van der Waals surface area contributed by atoms with E-state index in [4.69, 9.17) is 5.26 Å². The van der Waals surface area contributed by atoms with E-state index in [0.29, 0.717) is 29.2 Å². The molecular formula is C20H16N6O. The number of aromatic amines is 2. The molecule has 132 valence electrons. The maximum absolute atomic E-state index is 12.5. The Morgan fingerprint density at radius 1 is 1.26 bits per heavy atom. The van der Waals surface area contributed by atoms with Gasteiger partial charge in [0, 0.05) is 12.4 Å². The molecule has 4 aromatic rings. The van der Waals surface area contributed by atoms with Crippen LogP contribution in [-0.4, -0.2) is 19.9 Å². The van der Waals surface area contributed by atoms with Gasteiger partial charge in [0.1, 0.15) is 11.4 Å². The molecule has 7 nitrogen and oxygen atoms in total. The summed E-state index contributed by atoms with van der Waals surface area (Å²) in [6.45, 7) is 2.37. The fourth-order valence-electron chi connectivity index (χ4n) is 3.02. The Kier molecular flexibility index (Phi) is 4.15. The van der Waals surface area contributed by atoms with E-state index in [-0.39, 0.29) is 5.56 Å². The van der Waals surface area contributed by atoms with Crippen molar-refractivity contribution in [1.82, 2.24) is 19.9 Å². The van der Waals surface area contributed by atoms with Crippen LogP contribution in [0.2, 0.25) is 0 Å². The number of aromatic nitrogens is 4. The van der Waals surface area contributed by atoms with Crippen molar-refractivity contribution in [2.24, 2.45) is 0 Å². The second kappa shape index (κ2) is 6.77. The largest absolute Gasteiger partial charge is 0.379 e. The molecule has 4 rings (SSSR count). The van der Waals surface area contributed by atoms with Gasteiger partial charge in [0.25, 0.3) is 5.56 Å². The predicted octanol–water partition coefficient (Wildman–Crippen LogP) is 3.11. The van der Waals surface area contributed by atoms with Crippen molar-refractivity contribution >= 4 is 16.7 Å². The molecule has 0 fully saturated rings. The molecule has 0 aliphatic rings. The van der Waals surface area contributed by atoms with Crippen LogP contribution >= 0.6 is 0 Å². The lowest BCUT2D eigenvalue weighted by molar-refractivity contribution is 1.04. The number of fused-ring (bicyclic) bond motifs is 1. The van der Waals surface area contributed by atoms with Gasteiger partial charge in [-0.25, -0.2) is 4.98 Å². The first-order valence-electron chi connectivity index (χ1n) is 8.42. The zero-order chi connectivity index (χ0) is 18.8. The number of hydrogen-bond acceptors (Lipinski definition) is 5. The maximum atomic E-state index is 12.5. The van der Waals surface area contributed by atoms with Crippen molar-refractivity contribution in [3.8, 4) is 17.5 Å². The number of aryl methyl sites for hydroxylation is 1. The van der Waals surface area contributed by atoms with Crippen molar-refractivity contribution in [2.75, 3.05) is 5.32 Å². The van der Waals surface area contributed by atoms with Gasteiger partial charge in [-0.1, -0.05) is 6.07 Å². The topological polar surface area (TPSA) is 110 Å². The summed E-state index contributed by atoms with van der Waals surface area (Å²) in [6.07, 6.45) is 3.32. The van der Waals surface area contributed by atoms with Crippen LogP contribution in [0, 0.1) is 18.3 Å². The van der Waals surface area contributed by atoms with Gasteiger partial charge in [-0.3, -0.25) is 9.78 Å². The van der Waals surface area contributed by atoms with Gasteiger partial charge in [-0.05, 0) is 42.8 Å². The van der Waals surface area contributed by atoms with E-state index in [9.17, 15) is 4.79 Å². The van der Waals surface area contributed by atoms with Crippen LogP contribution in [-0.2, 0) is 6.54 Å². The van der Waals surface area contributed by atoms with Crippen molar-refractivity contribution in [1.29, 1.82) is 5.26 Å². The highest BCUT2D eigenvalue weighted by Gasteiger charge is 2.15. The molecule has 0 spiro atoms. The van der Waals surface area contributed by atoms with Crippen LogP contribution in [0.25, 0.3) is 22.4 Å². The Bertz CT molecular complexity index is 1220. The number of nitrogens with one attached hydrogen (secondary N) is 3. The third-order valence-electron chi connectivity index (χ3n) is 4.29. The molecule has 0 aliphatic carbocycles. The number of nitriles is 1. The number of nitrogens with zero attached hydrogens (tertiary/aromatic N) is 3. The molecule has 0 saturated carbocycles. The van der Waals surface area contributed by atoms with Crippen LogP contribution in [0.5, 0.6) is 0 Å². The Labute approximate surface area is 154 Å². The van der Waals surface area contributed by atoms with E-state index in [0.717, 1.165) is 22.3 Å². The Balaban J connectivity index is 1.77. The summed E-state index contributed by atoms with van der Waals surface area (Å²) < 4.78 is 0. The molecule has 0 unspecified atom stereocenters. The Hall–Kier alpha value is -3.92. The average molecular weight is 356 g/mol. The van der Waals surface area contributed by atoms with Crippen molar-refractivity contribution in [2.45, 2.75) is 13.5 Å². The number of H-pyrrole nitrogens is 2. The summed E-state index contributed by atoms with van der Waals surface area (Å²) in [4.78, 5) is 27.3. The highest BCUT2D eigenvalue weighted by atomic mass is 16.1. The highest BCUT2D eigenvalue weighted by Crippen LogP contribution is 2.26. The van der Waals surface area contributed by atoms with E-state index < -0.39 is 0 Å². The van der Waals surface area contributed by atoms with E-state index in [1.54, 1.807) is 30.6 Å². The summed E-state index contributed by atoms with van der Waals surface area (Å²) in [5.41, 5.74) is 4.57. The monoisotopic (exact) mass is 356 g/mol. The average Bonchev–Trinajstić information content (AvgIpc) is 3.11. The van der Waals surface area contributed by atoms with E-state index in [2.05, 4.69) is 31.3 Å². The molecule has 1 aromatic carbocycles. The van der Waals surface area contributed by atoms with Gasteiger partial charge in [0.2, 0.25) is 0 Å². The molecule has 3 heterocycles. The molecule has 27 heavy (non-hydrogen) atoms. The van der Waals surface area contributed by atoms with Gasteiger partial charge < -0.3 is 15.3 Å². The van der Waals surface area contributed by atoms with Gasteiger partial charge in [0.15, 0.2) is 0 Å². The molecule has 3 N–H and O–H groups in total. The minimum atomic E-state index is -0.252. The minimum absolute atomic E-state index is 0.252. The summed E-state index contributed by atoms with van der Waals surface area (Å²) in [5, 5.41) is 12.4. The first-order chi connectivity index (χ1) is 13.2.